The Balaban J connectivity index is 1.28. The van der Waals surface area contributed by atoms with Crippen LogP contribution in [0.1, 0.15) is 29.8 Å². The number of thiazole rings is 1. The molecule has 1 aromatic heterocycles. The van der Waals surface area contributed by atoms with Crippen LogP contribution >= 0.6 is 11.3 Å². The Morgan fingerprint density at radius 1 is 1.19 bits per heavy atom. The van der Waals surface area contributed by atoms with Crippen molar-refractivity contribution in [1.82, 2.24) is 9.88 Å². The molecule has 0 unspecified atom stereocenters. The van der Waals surface area contributed by atoms with Crippen LogP contribution < -0.4 is 15.4 Å². The summed E-state index contributed by atoms with van der Waals surface area (Å²) in [4.78, 5) is 32.0. The van der Waals surface area contributed by atoms with Crippen molar-refractivity contribution in [2.24, 2.45) is 5.92 Å². The molecule has 11 heteroatoms. The molecular formula is C20H21F3N4O3S. The van der Waals surface area contributed by atoms with E-state index in [0.717, 1.165) is 42.0 Å². The zero-order chi connectivity index (χ0) is 22.0. The van der Waals surface area contributed by atoms with Crippen molar-refractivity contribution in [1.29, 1.82) is 0 Å². The van der Waals surface area contributed by atoms with Crippen LogP contribution in [0.4, 0.5) is 24.0 Å². The molecule has 2 aromatic rings. The van der Waals surface area contributed by atoms with Crippen molar-refractivity contribution >= 4 is 34.0 Å². The Morgan fingerprint density at radius 3 is 2.58 bits per heavy atom. The second kappa shape index (κ2) is 8.83. The van der Waals surface area contributed by atoms with Crippen LogP contribution in [0.5, 0.6) is 5.75 Å². The summed E-state index contributed by atoms with van der Waals surface area (Å²) in [5, 5.41) is 6.18. The number of nitrogens with one attached hydrogen (secondary N) is 2. The fourth-order valence-electron chi connectivity index (χ4n) is 3.46. The van der Waals surface area contributed by atoms with E-state index in [0.29, 0.717) is 30.3 Å². The molecule has 0 spiro atoms. The lowest BCUT2D eigenvalue weighted by molar-refractivity contribution is -0.274. The van der Waals surface area contributed by atoms with Gasteiger partial charge in [0.05, 0.1) is 12.2 Å². The van der Waals surface area contributed by atoms with Gasteiger partial charge in [0.25, 0.3) is 0 Å². The summed E-state index contributed by atoms with van der Waals surface area (Å²) in [5.74, 6) is -0.495. The number of nitrogens with zero attached hydrogens (tertiary/aromatic N) is 2. The van der Waals surface area contributed by atoms with E-state index in [2.05, 4.69) is 20.4 Å². The Labute approximate surface area is 180 Å². The summed E-state index contributed by atoms with van der Waals surface area (Å²) >= 11 is 1.43. The Hall–Kier alpha value is -2.66. The summed E-state index contributed by atoms with van der Waals surface area (Å²) in [6.45, 7) is 1.35. The van der Waals surface area contributed by atoms with Gasteiger partial charge in [-0.2, -0.15) is 0 Å². The number of ether oxygens (including phenoxy) is 1. The zero-order valence-electron chi connectivity index (χ0n) is 16.5. The first-order chi connectivity index (χ1) is 14.7. The number of hydrogen-bond donors (Lipinski definition) is 2. The van der Waals surface area contributed by atoms with E-state index in [4.69, 9.17) is 0 Å². The average molecular weight is 454 g/mol. The Bertz CT molecular complexity index is 958. The summed E-state index contributed by atoms with van der Waals surface area (Å²) in [7, 11) is 0. The van der Waals surface area contributed by atoms with Crippen LogP contribution in [0.3, 0.4) is 0 Å². The fourth-order valence-corrected chi connectivity index (χ4v) is 4.51. The first kappa shape index (κ1) is 21.6. The van der Waals surface area contributed by atoms with Gasteiger partial charge in [-0.3, -0.25) is 14.5 Å². The highest BCUT2D eigenvalue weighted by Crippen LogP contribution is 2.31. The SMILES string of the molecule is O=C(CN1CCc2nc(NC(=O)C3CCC3)sc2C1)Nc1ccc(OC(F)(F)F)cc1. The molecule has 0 saturated heterocycles. The summed E-state index contributed by atoms with van der Waals surface area (Å²) < 4.78 is 40.5. The molecule has 31 heavy (non-hydrogen) atoms. The van der Waals surface area contributed by atoms with Gasteiger partial charge in [-0.25, -0.2) is 4.98 Å². The van der Waals surface area contributed by atoms with Crippen LogP contribution in [-0.4, -0.2) is 41.2 Å². The molecule has 2 amide bonds. The van der Waals surface area contributed by atoms with Crippen LogP contribution in [-0.2, 0) is 22.6 Å². The van der Waals surface area contributed by atoms with Gasteiger partial charge in [0, 0.05) is 36.0 Å². The van der Waals surface area contributed by atoms with Crippen LogP contribution in [0.2, 0.25) is 0 Å². The Kier molecular flexibility index (Phi) is 6.15. The fraction of sp³-hybridized carbons (Fsp3) is 0.450. The first-order valence-corrected chi connectivity index (χ1v) is 10.7. The van der Waals surface area contributed by atoms with Gasteiger partial charge in [0.15, 0.2) is 5.13 Å². The van der Waals surface area contributed by atoms with E-state index in [1.807, 2.05) is 4.90 Å². The second-order valence-electron chi connectivity index (χ2n) is 7.59. The molecule has 1 aliphatic carbocycles. The number of benzene rings is 1. The molecule has 0 radical (unpaired) electrons. The average Bonchev–Trinajstić information content (AvgIpc) is 3.02. The highest BCUT2D eigenvalue weighted by molar-refractivity contribution is 7.15. The van der Waals surface area contributed by atoms with Crippen molar-refractivity contribution in [2.75, 3.05) is 23.7 Å². The summed E-state index contributed by atoms with van der Waals surface area (Å²) in [6, 6.07) is 5.00. The van der Waals surface area contributed by atoms with Gasteiger partial charge in [0.1, 0.15) is 5.75 Å². The monoisotopic (exact) mass is 454 g/mol. The number of fused-ring (bicyclic) bond motifs is 1. The van der Waals surface area contributed by atoms with Gasteiger partial charge in [0.2, 0.25) is 11.8 Å². The molecular weight excluding hydrogens is 433 g/mol. The predicted molar refractivity (Wildman–Crippen MR) is 109 cm³/mol. The number of amides is 2. The standard InChI is InChI=1S/C20H21F3N4O3S/c21-20(22,23)30-14-6-4-13(5-7-14)24-17(28)11-27-9-8-15-16(10-27)31-19(25-15)26-18(29)12-2-1-3-12/h4-7,12H,1-3,8-11H2,(H,24,28)(H,25,26,29). The van der Waals surface area contributed by atoms with Gasteiger partial charge in [-0.05, 0) is 37.1 Å². The predicted octanol–water partition coefficient (Wildman–Crippen LogP) is 3.78. The maximum atomic E-state index is 12.3. The number of rotatable bonds is 6. The highest BCUT2D eigenvalue weighted by Gasteiger charge is 2.31. The molecule has 166 valence electrons. The number of carbonyl (C=O) groups excluding carboxylic acids is 2. The molecule has 4 rings (SSSR count). The van der Waals surface area contributed by atoms with E-state index < -0.39 is 6.36 Å². The smallest absolute Gasteiger partial charge is 0.406 e. The van der Waals surface area contributed by atoms with E-state index in [-0.39, 0.29) is 30.0 Å². The second-order valence-corrected chi connectivity index (χ2v) is 8.67. The number of alkyl halides is 3. The normalized spacial score (nSPS) is 16.9. The topological polar surface area (TPSA) is 83.6 Å². The third-order valence-electron chi connectivity index (χ3n) is 5.26. The quantitative estimate of drug-likeness (QED) is 0.694. The first-order valence-electron chi connectivity index (χ1n) is 9.92. The summed E-state index contributed by atoms with van der Waals surface area (Å²) in [5.41, 5.74) is 1.34. The van der Waals surface area contributed by atoms with Crippen molar-refractivity contribution in [3.63, 3.8) is 0 Å². The third kappa shape index (κ3) is 5.73. The van der Waals surface area contributed by atoms with E-state index >= 15 is 0 Å². The van der Waals surface area contributed by atoms with Crippen molar-refractivity contribution in [3.8, 4) is 5.75 Å². The zero-order valence-corrected chi connectivity index (χ0v) is 17.3. The maximum Gasteiger partial charge on any atom is 0.573 e. The molecule has 1 fully saturated rings. The van der Waals surface area contributed by atoms with Gasteiger partial charge < -0.3 is 15.4 Å². The minimum absolute atomic E-state index is 0.0280. The molecule has 0 atom stereocenters. The van der Waals surface area contributed by atoms with Gasteiger partial charge in [-0.15, -0.1) is 24.5 Å². The minimum Gasteiger partial charge on any atom is -0.406 e. The maximum absolute atomic E-state index is 12.3. The lowest BCUT2D eigenvalue weighted by Gasteiger charge is -2.25. The molecule has 2 heterocycles. The molecule has 2 N–H and O–H groups in total. The van der Waals surface area contributed by atoms with E-state index in [1.54, 1.807) is 0 Å². The summed E-state index contributed by atoms with van der Waals surface area (Å²) in [6.07, 6.45) is -1.12. The molecule has 0 bridgehead atoms. The van der Waals surface area contributed by atoms with Crippen molar-refractivity contribution < 1.29 is 27.5 Å². The van der Waals surface area contributed by atoms with Crippen molar-refractivity contribution in [3.05, 3.63) is 34.8 Å². The third-order valence-corrected chi connectivity index (χ3v) is 6.25. The van der Waals surface area contributed by atoms with E-state index in [9.17, 15) is 22.8 Å². The lowest BCUT2D eigenvalue weighted by Crippen LogP contribution is -2.36. The lowest BCUT2D eigenvalue weighted by atomic mass is 9.85. The number of halogens is 3. The Morgan fingerprint density at radius 2 is 1.94 bits per heavy atom. The molecule has 1 aliphatic heterocycles. The molecule has 1 aromatic carbocycles. The van der Waals surface area contributed by atoms with Crippen molar-refractivity contribution in [2.45, 2.75) is 38.6 Å². The number of aromatic nitrogens is 1. The van der Waals surface area contributed by atoms with Crippen LogP contribution in [0.25, 0.3) is 0 Å². The molecule has 7 nitrogen and oxygen atoms in total. The molecule has 2 aliphatic rings. The van der Waals surface area contributed by atoms with Crippen LogP contribution in [0, 0.1) is 5.92 Å². The van der Waals surface area contributed by atoms with Crippen LogP contribution in [0.15, 0.2) is 24.3 Å². The van der Waals surface area contributed by atoms with Gasteiger partial charge in [-0.1, -0.05) is 6.42 Å². The number of anilines is 2. The number of carbonyl (C=O) groups is 2. The van der Waals surface area contributed by atoms with Gasteiger partial charge >= 0.3 is 6.36 Å². The largest absolute Gasteiger partial charge is 0.573 e. The number of hydrogen-bond acceptors (Lipinski definition) is 6. The molecule has 1 saturated carbocycles. The highest BCUT2D eigenvalue weighted by atomic mass is 32.1. The minimum atomic E-state index is -4.76. The van der Waals surface area contributed by atoms with E-state index in [1.165, 1.54) is 23.5 Å².